The highest BCUT2D eigenvalue weighted by Crippen LogP contribution is 2.52. The summed E-state index contributed by atoms with van der Waals surface area (Å²) in [6.07, 6.45) is -1.59. The maximum absolute atomic E-state index is 14.6. The number of anilines is 2. The molecule has 1 amide bonds. The third-order valence-corrected chi connectivity index (χ3v) is 7.50. The number of ether oxygens (including phenoxy) is 1. The van der Waals surface area contributed by atoms with Gasteiger partial charge in [0.1, 0.15) is 5.69 Å². The Hall–Kier alpha value is -2.43. The van der Waals surface area contributed by atoms with Crippen LogP contribution in [0.2, 0.25) is 0 Å². The van der Waals surface area contributed by atoms with E-state index in [4.69, 9.17) is 4.74 Å². The first kappa shape index (κ1) is 22.4. The number of thiazole rings is 1. The molecule has 2 heterocycles. The molecule has 178 valence electrons. The Morgan fingerprint density at radius 2 is 1.76 bits per heavy atom. The van der Waals surface area contributed by atoms with Gasteiger partial charge in [-0.3, -0.25) is 4.79 Å². The summed E-state index contributed by atoms with van der Waals surface area (Å²) in [7, 11) is 0. The van der Waals surface area contributed by atoms with Crippen molar-refractivity contribution in [3.8, 4) is 5.75 Å². The number of fused-ring (bicyclic) bond motifs is 1. The molecule has 0 bridgehead atoms. The number of hydrogen-bond acceptors (Lipinski definition) is 5. The lowest BCUT2D eigenvalue weighted by atomic mass is 10.2. The smallest absolute Gasteiger partial charge is 0.393 e. The maximum atomic E-state index is 14.6. The minimum absolute atomic E-state index is 0.217. The van der Waals surface area contributed by atoms with Crippen LogP contribution in [-0.4, -0.2) is 36.3 Å². The predicted octanol–water partition coefficient (Wildman–Crippen LogP) is 5.56. The fourth-order valence-electron chi connectivity index (χ4n) is 4.72. The number of nitrogens with zero attached hydrogens (tertiary/aromatic N) is 2. The lowest BCUT2D eigenvalue weighted by molar-refractivity contribution is -0.126. The van der Waals surface area contributed by atoms with E-state index in [1.54, 1.807) is 0 Å². The lowest BCUT2D eigenvalue weighted by Gasteiger charge is -2.17. The van der Waals surface area contributed by atoms with Gasteiger partial charge in [-0.15, -0.1) is 11.3 Å². The Kier molecular flexibility index (Phi) is 5.70. The highest BCUT2D eigenvalue weighted by molar-refractivity contribution is 7.16. The predicted molar refractivity (Wildman–Crippen MR) is 113 cm³/mol. The van der Waals surface area contributed by atoms with Crippen molar-refractivity contribution in [2.24, 2.45) is 11.8 Å². The van der Waals surface area contributed by atoms with Crippen LogP contribution in [0.1, 0.15) is 47.5 Å². The molecule has 3 fully saturated rings. The maximum Gasteiger partial charge on any atom is 0.393 e. The summed E-state index contributed by atoms with van der Waals surface area (Å²) in [5, 5.41) is 2.63. The summed E-state index contributed by atoms with van der Waals surface area (Å²) in [5.41, 5.74) is -0.601. The molecule has 5 rings (SSSR count). The van der Waals surface area contributed by atoms with Gasteiger partial charge in [0.25, 0.3) is 5.91 Å². The zero-order chi connectivity index (χ0) is 23.3. The minimum atomic E-state index is -4.53. The fourth-order valence-corrected chi connectivity index (χ4v) is 5.86. The van der Waals surface area contributed by atoms with E-state index in [0.717, 1.165) is 55.6 Å². The van der Waals surface area contributed by atoms with Crippen molar-refractivity contribution in [3.05, 3.63) is 34.3 Å². The summed E-state index contributed by atoms with van der Waals surface area (Å²) in [6.45, 7) is 1.31. The Bertz CT molecular complexity index is 1030. The van der Waals surface area contributed by atoms with Crippen LogP contribution in [0.4, 0.5) is 32.8 Å². The van der Waals surface area contributed by atoms with Crippen molar-refractivity contribution < 1.29 is 31.5 Å². The van der Waals surface area contributed by atoms with Crippen LogP contribution in [0.3, 0.4) is 0 Å². The molecule has 1 saturated heterocycles. The van der Waals surface area contributed by atoms with Gasteiger partial charge in [0, 0.05) is 35.8 Å². The molecule has 2 aliphatic carbocycles. The third-order valence-electron chi connectivity index (χ3n) is 6.38. The standard InChI is InChI=1S/C22H22F5N3O2S/c23-15-8-13(9-16(24)19(15)32-14-6-11-5-12(11)7-14)28-20(31)18-17(10-22(25,26)27)33-21(29-18)30-3-1-2-4-30/h8-9,11-12,14H,1-7,10H2,(H,28,31). The molecular weight excluding hydrogens is 465 g/mol. The van der Waals surface area contributed by atoms with Crippen molar-refractivity contribution >= 4 is 28.1 Å². The van der Waals surface area contributed by atoms with Gasteiger partial charge in [-0.2, -0.15) is 13.2 Å². The van der Waals surface area contributed by atoms with Crippen LogP contribution in [-0.2, 0) is 6.42 Å². The van der Waals surface area contributed by atoms with E-state index in [1.807, 2.05) is 4.90 Å². The Balaban J connectivity index is 1.34. The summed E-state index contributed by atoms with van der Waals surface area (Å²) >= 11 is 0.818. The molecule has 33 heavy (non-hydrogen) atoms. The minimum Gasteiger partial charge on any atom is -0.484 e. The van der Waals surface area contributed by atoms with Crippen molar-refractivity contribution in [1.29, 1.82) is 0 Å². The molecule has 11 heteroatoms. The monoisotopic (exact) mass is 487 g/mol. The molecule has 1 aromatic carbocycles. The highest BCUT2D eigenvalue weighted by Gasteiger charge is 2.47. The number of carbonyl (C=O) groups is 1. The quantitative estimate of drug-likeness (QED) is 0.543. The van der Waals surface area contributed by atoms with Gasteiger partial charge in [-0.1, -0.05) is 0 Å². The molecule has 1 aromatic heterocycles. The van der Waals surface area contributed by atoms with Gasteiger partial charge in [-0.05, 0) is 43.9 Å². The first-order valence-electron chi connectivity index (χ1n) is 10.9. The fraction of sp³-hybridized carbons (Fsp3) is 0.545. The van der Waals surface area contributed by atoms with Crippen molar-refractivity contribution in [1.82, 2.24) is 4.98 Å². The second-order valence-electron chi connectivity index (χ2n) is 8.94. The molecule has 2 saturated carbocycles. The Labute approximate surface area is 190 Å². The molecule has 1 aliphatic heterocycles. The van der Waals surface area contributed by atoms with Gasteiger partial charge in [-0.25, -0.2) is 13.8 Å². The van der Waals surface area contributed by atoms with Gasteiger partial charge in [0.15, 0.2) is 22.5 Å². The largest absolute Gasteiger partial charge is 0.484 e. The summed E-state index contributed by atoms with van der Waals surface area (Å²) in [4.78, 5) is 18.5. The number of amides is 1. The number of hydrogen-bond donors (Lipinski definition) is 1. The van der Waals surface area contributed by atoms with Crippen molar-refractivity contribution in [2.45, 2.75) is 50.8 Å². The van der Waals surface area contributed by atoms with Crippen LogP contribution in [0, 0.1) is 23.5 Å². The Morgan fingerprint density at radius 1 is 1.12 bits per heavy atom. The number of halogens is 5. The van der Waals surface area contributed by atoms with Crippen LogP contribution in [0.5, 0.6) is 5.75 Å². The summed E-state index contributed by atoms with van der Waals surface area (Å²) in [6, 6.07) is 1.81. The zero-order valence-electron chi connectivity index (χ0n) is 17.6. The molecule has 0 radical (unpaired) electrons. The molecular formula is C22H22F5N3O2S. The number of rotatable bonds is 6. The summed E-state index contributed by atoms with van der Waals surface area (Å²) in [5.74, 6) is -2.24. The second kappa shape index (κ2) is 8.41. The van der Waals surface area contributed by atoms with E-state index < -0.39 is 35.9 Å². The van der Waals surface area contributed by atoms with E-state index in [1.165, 1.54) is 0 Å². The average molecular weight is 487 g/mol. The topological polar surface area (TPSA) is 54.5 Å². The number of benzene rings is 1. The molecule has 0 spiro atoms. The normalized spacial score (nSPS) is 24.2. The van der Waals surface area contributed by atoms with Crippen molar-refractivity contribution in [2.75, 3.05) is 23.3 Å². The van der Waals surface area contributed by atoms with Crippen LogP contribution < -0.4 is 15.0 Å². The second-order valence-corrected chi connectivity index (χ2v) is 10.0. The Morgan fingerprint density at radius 3 is 2.36 bits per heavy atom. The van der Waals surface area contributed by atoms with Gasteiger partial charge < -0.3 is 15.0 Å². The molecule has 1 N–H and O–H groups in total. The van der Waals surface area contributed by atoms with Gasteiger partial charge in [0.05, 0.1) is 12.5 Å². The van der Waals surface area contributed by atoms with E-state index in [0.29, 0.717) is 30.1 Å². The van der Waals surface area contributed by atoms with Crippen LogP contribution in [0.25, 0.3) is 0 Å². The summed E-state index contributed by atoms with van der Waals surface area (Å²) < 4.78 is 73.8. The number of aromatic nitrogens is 1. The third kappa shape index (κ3) is 4.92. The average Bonchev–Trinajstić information content (AvgIpc) is 3.13. The first-order chi connectivity index (χ1) is 15.7. The highest BCUT2D eigenvalue weighted by atomic mass is 32.1. The molecule has 5 nitrogen and oxygen atoms in total. The molecule has 2 aromatic rings. The van der Waals surface area contributed by atoms with E-state index in [2.05, 4.69) is 10.3 Å². The molecule has 3 aliphatic rings. The number of carbonyl (C=O) groups excluding carboxylic acids is 1. The van der Waals surface area contributed by atoms with Gasteiger partial charge in [0.2, 0.25) is 0 Å². The molecule has 2 atom stereocenters. The lowest BCUT2D eigenvalue weighted by Crippen LogP contribution is -2.20. The number of nitrogens with one attached hydrogen (secondary N) is 1. The van der Waals surface area contributed by atoms with Crippen molar-refractivity contribution in [3.63, 3.8) is 0 Å². The number of alkyl halides is 3. The van der Waals surface area contributed by atoms with E-state index in [-0.39, 0.29) is 22.4 Å². The molecule has 2 unspecified atom stereocenters. The van der Waals surface area contributed by atoms with E-state index >= 15 is 0 Å². The van der Waals surface area contributed by atoms with Crippen LogP contribution >= 0.6 is 11.3 Å². The van der Waals surface area contributed by atoms with E-state index in [9.17, 15) is 26.7 Å². The zero-order valence-corrected chi connectivity index (χ0v) is 18.4. The van der Waals surface area contributed by atoms with Gasteiger partial charge >= 0.3 is 6.18 Å². The first-order valence-corrected chi connectivity index (χ1v) is 11.8. The SMILES string of the molecule is O=C(Nc1cc(F)c(OC2CC3CC3C2)c(F)c1)c1nc(N2CCCC2)sc1CC(F)(F)F. The van der Waals surface area contributed by atoms with Crippen LogP contribution in [0.15, 0.2) is 12.1 Å².